The normalized spacial score (nSPS) is 26.3. The van der Waals surface area contributed by atoms with Crippen LogP contribution in [-0.2, 0) is 9.53 Å². The van der Waals surface area contributed by atoms with Crippen LogP contribution < -0.4 is 0 Å². The SMILES string of the molecule is CC(=O)N1CCC(C)(OC2CC2)CC1. The summed E-state index contributed by atoms with van der Waals surface area (Å²) in [4.78, 5) is 13.0. The minimum absolute atomic E-state index is 0.0348. The third-order valence-electron chi connectivity index (χ3n) is 3.24. The summed E-state index contributed by atoms with van der Waals surface area (Å²) in [5.74, 6) is 0.193. The molecule has 0 spiro atoms. The van der Waals surface area contributed by atoms with Crippen molar-refractivity contribution in [2.24, 2.45) is 0 Å². The number of hydrogen-bond acceptors (Lipinski definition) is 2. The van der Waals surface area contributed by atoms with Gasteiger partial charge in [0.15, 0.2) is 0 Å². The van der Waals surface area contributed by atoms with Crippen LogP contribution in [-0.4, -0.2) is 35.6 Å². The van der Waals surface area contributed by atoms with Crippen LogP contribution in [0.4, 0.5) is 0 Å². The predicted octanol–water partition coefficient (Wildman–Crippen LogP) is 1.57. The molecule has 1 aliphatic heterocycles. The highest BCUT2D eigenvalue weighted by atomic mass is 16.5. The predicted molar refractivity (Wildman–Crippen MR) is 54.0 cm³/mol. The zero-order valence-corrected chi connectivity index (χ0v) is 9.08. The van der Waals surface area contributed by atoms with Crippen molar-refractivity contribution in [2.75, 3.05) is 13.1 Å². The molecule has 0 atom stereocenters. The van der Waals surface area contributed by atoms with Crippen molar-refractivity contribution < 1.29 is 9.53 Å². The molecule has 0 aromatic heterocycles. The number of ether oxygens (including phenoxy) is 1. The van der Waals surface area contributed by atoms with Crippen molar-refractivity contribution in [1.29, 1.82) is 0 Å². The van der Waals surface area contributed by atoms with Gasteiger partial charge in [0.1, 0.15) is 0 Å². The van der Waals surface area contributed by atoms with Crippen LogP contribution in [0.25, 0.3) is 0 Å². The molecule has 2 rings (SSSR count). The molecule has 1 saturated heterocycles. The summed E-state index contributed by atoms with van der Waals surface area (Å²) in [6.07, 6.45) is 4.95. The van der Waals surface area contributed by atoms with E-state index in [0.717, 1.165) is 25.9 Å². The van der Waals surface area contributed by atoms with E-state index in [-0.39, 0.29) is 11.5 Å². The van der Waals surface area contributed by atoms with Gasteiger partial charge in [0, 0.05) is 20.0 Å². The zero-order chi connectivity index (χ0) is 10.2. The Morgan fingerprint density at radius 3 is 2.36 bits per heavy atom. The third-order valence-corrected chi connectivity index (χ3v) is 3.24. The number of amides is 1. The van der Waals surface area contributed by atoms with Gasteiger partial charge in [0.25, 0.3) is 0 Å². The van der Waals surface area contributed by atoms with E-state index in [2.05, 4.69) is 6.92 Å². The molecule has 0 unspecified atom stereocenters. The van der Waals surface area contributed by atoms with Gasteiger partial charge in [-0.05, 0) is 32.6 Å². The van der Waals surface area contributed by atoms with Crippen LogP contribution in [0.3, 0.4) is 0 Å². The van der Waals surface area contributed by atoms with Crippen LogP contribution in [0.15, 0.2) is 0 Å². The Morgan fingerprint density at radius 2 is 1.93 bits per heavy atom. The first-order valence-electron chi connectivity index (χ1n) is 5.52. The molecule has 2 fully saturated rings. The summed E-state index contributed by atoms with van der Waals surface area (Å²) in [5, 5.41) is 0. The lowest BCUT2D eigenvalue weighted by Gasteiger charge is -2.39. The lowest BCUT2D eigenvalue weighted by molar-refractivity contribution is -0.135. The van der Waals surface area contributed by atoms with Gasteiger partial charge < -0.3 is 9.64 Å². The second-order valence-electron chi connectivity index (χ2n) is 4.77. The lowest BCUT2D eigenvalue weighted by Crippen LogP contribution is -2.46. The molecule has 1 heterocycles. The number of piperidine rings is 1. The first-order valence-corrected chi connectivity index (χ1v) is 5.52. The van der Waals surface area contributed by atoms with Crippen LogP contribution in [0, 0.1) is 0 Å². The molecule has 80 valence electrons. The molecular weight excluding hydrogens is 178 g/mol. The number of hydrogen-bond donors (Lipinski definition) is 0. The van der Waals surface area contributed by atoms with Crippen molar-refractivity contribution in [1.82, 2.24) is 4.90 Å². The Labute approximate surface area is 85.4 Å². The van der Waals surface area contributed by atoms with Gasteiger partial charge in [-0.15, -0.1) is 0 Å². The second-order valence-corrected chi connectivity index (χ2v) is 4.77. The fourth-order valence-corrected chi connectivity index (χ4v) is 2.00. The van der Waals surface area contributed by atoms with Gasteiger partial charge in [-0.1, -0.05) is 0 Å². The fraction of sp³-hybridized carbons (Fsp3) is 0.909. The molecule has 0 aromatic carbocycles. The van der Waals surface area contributed by atoms with Crippen LogP contribution >= 0.6 is 0 Å². The average Bonchev–Trinajstić information content (AvgIpc) is 2.88. The van der Waals surface area contributed by atoms with Crippen molar-refractivity contribution in [3.8, 4) is 0 Å². The minimum atomic E-state index is 0.0348. The van der Waals surface area contributed by atoms with Crippen LogP contribution in [0.2, 0.25) is 0 Å². The molecule has 2 aliphatic rings. The maximum atomic E-state index is 11.1. The van der Waals surface area contributed by atoms with Crippen LogP contribution in [0.1, 0.15) is 39.5 Å². The first kappa shape index (κ1) is 9.97. The van der Waals surface area contributed by atoms with E-state index in [9.17, 15) is 4.79 Å². The van der Waals surface area contributed by atoms with E-state index >= 15 is 0 Å². The molecule has 1 aliphatic carbocycles. The van der Waals surface area contributed by atoms with Gasteiger partial charge in [-0.25, -0.2) is 0 Å². The molecule has 3 heteroatoms. The number of carbonyl (C=O) groups excluding carboxylic acids is 1. The van der Waals surface area contributed by atoms with E-state index in [0.29, 0.717) is 6.10 Å². The summed E-state index contributed by atoms with van der Waals surface area (Å²) >= 11 is 0. The Kier molecular flexibility index (Phi) is 2.52. The third kappa shape index (κ3) is 2.27. The summed E-state index contributed by atoms with van der Waals surface area (Å²) in [7, 11) is 0. The Balaban J connectivity index is 1.83. The Bertz CT molecular complexity index is 227. The van der Waals surface area contributed by atoms with Gasteiger partial charge >= 0.3 is 0 Å². The highest BCUT2D eigenvalue weighted by Crippen LogP contribution is 2.34. The van der Waals surface area contributed by atoms with Crippen LogP contribution in [0.5, 0.6) is 0 Å². The average molecular weight is 197 g/mol. The maximum Gasteiger partial charge on any atom is 0.219 e. The molecular formula is C11H19NO2. The molecule has 0 radical (unpaired) electrons. The number of nitrogens with zero attached hydrogens (tertiary/aromatic N) is 1. The molecule has 0 aromatic rings. The van der Waals surface area contributed by atoms with Crippen molar-refractivity contribution in [3.63, 3.8) is 0 Å². The van der Waals surface area contributed by atoms with E-state index in [4.69, 9.17) is 4.74 Å². The van der Waals surface area contributed by atoms with E-state index < -0.39 is 0 Å². The summed E-state index contributed by atoms with van der Waals surface area (Å²) in [5.41, 5.74) is 0.0348. The lowest BCUT2D eigenvalue weighted by atomic mass is 9.93. The monoisotopic (exact) mass is 197 g/mol. The standard InChI is InChI=1S/C11H19NO2/c1-9(13)12-7-5-11(2,6-8-12)14-10-3-4-10/h10H,3-8H2,1-2H3. The largest absolute Gasteiger partial charge is 0.372 e. The van der Waals surface area contributed by atoms with E-state index in [1.165, 1.54) is 12.8 Å². The highest BCUT2D eigenvalue weighted by Gasteiger charge is 2.37. The summed E-state index contributed by atoms with van der Waals surface area (Å²) in [6, 6.07) is 0. The topological polar surface area (TPSA) is 29.5 Å². The number of likely N-dealkylation sites (tertiary alicyclic amines) is 1. The number of rotatable bonds is 2. The van der Waals surface area contributed by atoms with Gasteiger partial charge in [-0.2, -0.15) is 0 Å². The molecule has 1 saturated carbocycles. The quantitative estimate of drug-likeness (QED) is 0.672. The minimum Gasteiger partial charge on any atom is -0.372 e. The summed E-state index contributed by atoms with van der Waals surface area (Å²) in [6.45, 7) is 5.55. The second kappa shape index (κ2) is 3.54. The van der Waals surface area contributed by atoms with Gasteiger partial charge in [-0.3, -0.25) is 4.79 Å². The maximum absolute atomic E-state index is 11.1. The van der Waals surface area contributed by atoms with Gasteiger partial charge in [0.2, 0.25) is 5.91 Å². The van der Waals surface area contributed by atoms with Gasteiger partial charge in [0.05, 0.1) is 11.7 Å². The highest BCUT2D eigenvalue weighted by molar-refractivity contribution is 5.73. The Morgan fingerprint density at radius 1 is 1.36 bits per heavy atom. The smallest absolute Gasteiger partial charge is 0.219 e. The summed E-state index contributed by atoms with van der Waals surface area (Å²) < 4.78 is 5.98. The molecule has 3 nitrogen and oxygen atoms in total. The zero-order valence-electron chi connectivity index (χ0n) is 9.08. The van der Waals surface area contributed by atoms with E-state index in [1.807, 2.05) is 4.90 Å². The van der Waals surface area contributed by atoms with Crippen molar-refractivity contribution >= 4 is 5.91 Å². The van der Waals surface area contributed by atoms with Crippen molar-refractivity contribution in [2.45, 2.75) is 51.2 Å². The molecule has 0 N–H and O–H groups in total. The number of carbonyl (C=O) groups is 1. The molecule has 1 amide bonds. The Hall–Kier alpha value is -0.570. The van der Waals surface area contributed by atoms with E-state index in [1.54, 1.807) is 6.92 Å². The molecule has 14 heavy (non-hydrogen) atoms. The fourth-order valence-electron chi connectivity index (χ4n) is 2.00. The molecule has 0 bridgehead atoms. The first-order chi connectivity index (χ1) is 6.59. The van der Waals surface area contributed by atoms with Crippen molar-refractivity contribution in [3.05, 3.63) is 0 Å².